The third kappa shape index (κ3) is 3.32. The zero-order valence-corrected chi connectivity index (χ0v) is 11.9. The summed E-state index contributed by atoms with van der Waals surface area (Å²) in [5.74, 6) is 0.595. The number of nitrogens with zero attached hydrogens (tertiary/aromatic N) is 1. The average Bonchev–Trinajstić information content (AvgIpc) is 2.54. The lowest BCUT2D eigenvalue weighted by molar-refractivity contribution is -0.384. The van der Waals surface area contributed by atoms with Crippen molar-refractivity contribution in [3.05, 3.63) is 58.1 Å². The van der Waals surface area contributed by atoms with Gasteiger partial charge in [0.25, 0.3) is 5.69 Å². The molecule has 0 N–H and O–H groups in total. The first-order valence-corrected chi connectivity index (χ1v) is 6.24. The summed E-state index contributed by atoms with van der Waals surface area (Å²) in [5, 5.41) is 10.6. The number of esters is 1. The standard InChI is InChI=1S/C15H13NO6/c1-20-13-8-7-12(9-14(13)21-2)22-15(17)10-3-5-11(6-4-10)16(18)19/h3-9H,1-2H3. The van der Waals surface area contributed by atoms with Gasteiger partial charge in [0.2, 0.25) is 0 Å². The third-order valence-corrected chi connectivity index (χ3v) is 2.88. The smallest absolute Gasteiger partial charge is 0.343 e. The van der Waals surface area contributed by atoms with E-state index in [4.69, 9.17) is 14.2 Å². The Labute approximate surface area is 126 Å². The van der Waals surface area contributed by atoms with E-state index < -0.39 is 10.9 Å². The Balaban J connectivity index is 2.16. The van der Waals surface area contributed by atoms with Crippen LogP contribution in [0.15, 0.2) is 42.5 Å². The van der Waals surface area contributed by atoms with Crippen LogP contribution in [0.1, 0.15) is 10.4 Å². The molecule has 0 spiro atoms. The second kappa shape index (κ2) is 6.57. The van der Waals surface area contributed by atoms with Gasteiger partial charge in [0.05, 0.1) is 24.7 Å². The summed E-state index contributed by atoms with van der Waals surface area (Å²) < 4.78 is 15.4. The fourth-order valence-corrected chi connectivity index (χ4v) is 1.77. The highest BCUT2D eigenvalue weighted by atomic mass is 16.6. The van der Waals surface area contributed by atoms with E-state index >= 15 is 0 Å². The molecule has 0 fully saturated rings. The van der Waals surface area contributed by atoms with Crippen molar-refractivity contribution in [3.63, 3.8) is 0 Å². The van der Waals surface area contributed by atoms with Crippen LogP contribution in [0.2, 0.25) is 0 Å². The molecular formula is C15H13NO6. The summed E-state index contributed by atoms with van der Waals surface area (Å²) in [7, 11) is 2.97. The highest BCUT2D eigenvalue weighted by molar-refractivity contribution is 5.91. The Bertz CT molecular complexity index is 696. The first-order chi connectivity index (χ1) is 10.5. The van der Waals surface area contributed by atoms with Crippen molar-refractivity contribution in [2.45, 2.75) is 0 Å². The minimum absolute atomic E-state index is 0.0948. The highest BCUT2D eigenvalue weighted by Gasteiger charge is 2.13. The van der Waals surface area contributed by atoms with Crippen LogP contribution in [0.25, 0.3) is 0 Å². The van der Waals surface area contributed by atoms with Gasteiger partial charge < -0.3 is 14.2 Å². The summed E-state index contributed by atoms with van der Waals surface area (Å²) in [5.41, 5.74) is 0.114. The number of ether oxygens (including phenoxy) is 3. The molecular weight excluding hydrogens is 290 g/mol. The molecule has 0 aliphatic heterocycles. The Morgan fingerprint density at radius 2 is 1.64 bits per heavy atom. The topological polar surface area (TPSA) is 87.9 Å². The van der Waals surface area contributed by atoms with Crippen LogP contribution < -0.4 is 14.2 Å². The number of carbonyl (C=O) groups is 1. The molecule has 0 aliphatic rings. The normalized spacial score (nSPS) is 9.91. The van der Waals surface area contributed by atoms with Crippen LogP contribution in [0.5, 0.6) is 17.2 Å². The maximum absolute atomic E-state index is 12.0. The van der Waals surface area contributed by atoms with Gasteiger partial charge in [-0.05, 0) is 24.3 Å². The van der Waals surface area contributed by atoms with E-state index in [-0.39, 0.29) is 17.0 Å². The van der Waals surface area contributed by atoms with Crippen molar-refractivity contribution in [1.82, 2.24) is 0 Å². The number of rotatable bonds is 5. The molecule has 7 heteroatoms. The van der Waals surface area contributed by atoms with E-state index in [9.17, 15) is 14.9 Å². The molecule has 0 aromatic heterocycles. The molecule has 0 bridgehead atoms. The number of non-ortho nitro benzene ring substituents is 1. The van der Waals surface area contributed by atoms with Crippen molar-refractivity contribution in [3.8, 4) is 17.2 Å². The largest absolute Gasteiger partial charge is 0.493 e. The first-order valence-electron chi connectivity index (χ1n) is 6.24. The van der Waals surface area contributed by atoms with E-state index in [1.54, 1.807) is 12.1 Å². The van der Waals surface area contributed by atoms with Crippen molar-refractivity contribution in [2.75, 3.05) is 14.2 Å². The summed E-state index contributed by atoms with van der Waals surface area (Å²) in [6.07, 6.45) is 0. The molecule has 0 saturated carbocycles. The molecule has 0 heterocycles. The lowest BCUT2D eigenvalue weighted by atomic mass is 10.2. The van der Waals surface area contributed by atoms with Gasteiger partial charge in [-0.3, -0.25) is 10.1 Å². The van der Waals surface area contributed by atoms with Crippen molar-refractivity contribution >= 4 is 11.7 Å². The molecule has 0 amide bonds. The molecule has 0 unspecified atom stereocenters. The number of hydrogen-bond donors (Lipinski definition) is 0. The number of carbonyl (C=O) groups excluding carboxylic acids is 1. The lowest BCUT2D eigenvalue weighted by Crippen LogP contribution is -2.08. The number of hydrogen-bond acceptors (Lipinski definition) is 6. The third-order valence-electron chi connectivity index (χ3n) is 2.88. The van der Waals surface area contributed by atoms with Crippen LogP contribution in [0.4, 0.5) is 5.69 Å². The van der Waals surface area contributed by atoms with Gasteiger partial charge >= 0.3 is 5.97 Å². The van der Waals surface area contributed by atoms with Crippen LogP contribution in [0.3, 0.4) is 0 Å². The van der Waals surface area contributed by atoms with E-state index in [2.05, 4.69) is 0 Å². The maximum atomic E-state index is 12.0. The summed E-state index contributed by atoms with van der Waals surface area (Å²) >= 11 is 0. The second-order valence-corrected chi connectivity index (χ2v) is 4.21. The molecule has 2 aromatic carbocycles. The fraction of sp³-hybridized carbons (Fsp3) is 0.133. The van der Waals surface area contributed by atoms with Gasteiger partial charge in [-0.25, -0.2) is 4.79 Å². The quantitative estimate of drug-likeness (QED) is 0.365. The number of nitro groups is 1. The number of methoxy groups -OCH3 is 2. The van der Waals surface area contributed by atoms with E-state index in [1.165, 1.54) is 44.6 Å². The van der Waals surface area contributed by atoms with E-state index in [0.717, 1.165) is 0 Å². The summed E-state index contributed by atoms with van der Waals surface area (Å²) in [6, 6.07) is 9.84. The Hall–Kier alpha value is -3.09. The predicted molar refractivity (Wildman–Crippen MR) is 77.6 cm³/mol. The van der Waals surface area contributed by atoms with Gasteiger partial charge in [-0.15, -0.1) is 0 Å². The lowest BCUT2D eigenvalue weighted by Gasteiger charge is -2.09. The van der Waals surface area contributed by atoms with E-state index in [1.807, 2.05) is 0 Å². The molecule has 114 valence electrons. The predicted octanol–water partition coefficient (Wildman–Crippen LogP) is 2.83. The molecule has 2 aromatic rings. The van der Waals surface area contributed by atoms with Crippen molar-refractivity contribution in [1.29, 1.82) is 0 Å². The Morgan fingerprint density at radius 1 is 1.00 bits per heavy atom. The molecule has 0 radical (unpaired) electrons. The minimum Gasteiger partial charge on any atom is -0.493 e. The highest BCUT2D eigenvalue weighted by Crippen LogP contribution is 2.31. The van der Waals surface area contributed by atoms with Gasteiger partial charge in [0, 0.05) is 18.2 Å². The zero-order valence-electron chi connectivity index (χ0n) is 11.9. The average molecular weight is 303 g/mol. The molecule has 0 aliphatic carbocycles. The first kappa shape index (κ1) is 15.3. The molecule has 22 heavy (non-hydrogen) atoms. The Morgan fingerprint density at radius 3 is 2.18 bits per heavy atom. The maximum Gasteiger partial charge on any atom is 0.343 e. The number of benzene rings is 2. The summed E-state index contributed by atoms with van der Waals surface area (Å²) in [4.78, 5) is 22.0. The van der Waals surface area contributed by atoms with Gasteiger partial charge in [-0.2, -0.15) is 0 Å². The van der Waals surface area contributed by atoms with Crippen LogP contribution >= 0.6 is 0 Å². The van der Waals surface area contributed by atoms with Crippen LogP contribution in [-0.2, 0) is 0 Å². The zero-order chi connectivity index (χ0) is 16.1. The SMILES string of the molecule is COc1ccc(OC(=O)c2ccc([N+](=O)[O-])cc2)cc1OC. The molecule has 0 atom stereocenters. The van der Waals surface area contributed by atoms with E-state index in [0.29, 0.717) is 11.5 Å². The van der Waals surface area contributed by atoms with Crippen LogP contribution in [-0.4, -0.2) is 25.1 Å². The molecule has 7 nitrogen and oxygen atoms in total. The molecule has 2 rings (SSSR count). The Kier molecular flexibility index (Phi) is 4.57. The van der Waals surface area contributed by atoms with Gasteiger partial charge in [0.15, 0.2) is 11.5 Å². The fourth-order valence-electron chi connectivity index (χ4n) is 1.77. The van der Waals surface area contributed by atoms with Crippen molar-refractivity contribution < 1.29 is 23.9 Å². The van der Waals surface area contributed by atoms with Gasteiger partial charge in [0.1, 0.15) is 5.75 Å². The molecule has 0 saturated heterocycles. The van der Waals surface area contributed by atoms with Crippen LogP contribution in [0, 0.1) is 10.1 Å². The monoisotopic (exact) mass is 303 g/mol. The number of nitro benzene ring substituents is 1. The minimum atomic E-state index is -0.623. The summed E-state index contributed by atoms with van der Waals surface area (Å²) in [6.45, 7) is 0. The van der Waals surface area contributed by atoms with Gasteiger partial charge in [-0.1, -0.05) is 0 Å². The second-order valence-electron chi connectivity index (χ2n) is 4.21. The van der Waals surface area contributed by atoms with Crippen molar-refractivity contribution in [2.24, 2.45) is 0 Å².